The van der Waals surface area contributed by atoms with Gasteiger partial charge in [-0.05, 0) is 36.6 Å². The zero-order valence-electron chi connectivity index (χ0n) is 14.8. The molecule has 6 heteroatoms. The number of aromatic nitrogens is 2. The van der Waals surface area contributed by atoms with E-state index in [1.165, 1.54) is 25.3 Å². The summed E-state index contributed by atoms with van der Waals surface area (Å²) in [6.07, 6.45) is 8.88. The van der Waals surface area contributed by atoms with Gasteiger partial charge in [0.05, 0.1) is 12.2 Å². The molecule has 136 valence electrons. The summed E-state index contributed by atoms with van der Waals surface area (Å²) in [6, 6.07) is 9.38. The molecule has 0 spiro atoms. The lowest BCUT2D eigenvalue weighted by atomic mass is 9.96. The number of hydrogen-bond donors (Lipinski definition) is 2. The second-order valence-electron chi connectivity index (χ2n) is 6.53. The fourth-order valence-electron chi connectivity index (χ4n) is 3.25. The molecule has 0 aliphatic heterocycles. The molecule has 1 saturated carbocycles. The van der Waals surface area contributed by atoms with Crippen molar-refractivity contribution in [2.24, 2.45) is 0 Å². The molecule has 1 aliphatic rings. The highest BCUT2D eigenvalue weighted by Gasteiger charge is 2.19. The van der Waals surface area contributed by atoms with Crippen molar-refractivity contribution >= 4 is 17.6 Å². The van der Waals surface area contributed by atoms with E-state index in [0.717, 1.165) is 24.2 Å². The predicted octanol–water partition coefficient (Wildman–Crippen LogP) is 3.44. The first-order valence-corrected chi connectivity index (χ1v) is 9.01. The molecule has 1 aliphatic carbocycles. The van der Waals surface area contributed by atoms with E-state index in [4.69, 9.17) is 0 Å². The van der Waals surface area contributed by atoms with Gasteiger partial charge in [-0.2, -0.15) is 5.10 Å². The van der Waals surface area contributed by atoms with Crippen LogP contribution < -0.4 is 10.6 Å². The summed E-state index contributed by atoms with van der Waals surface area (Å²) in [7, 11) is 0. The molecule has 0 radical (unpaired) electrons. The molecule has 2 amide bonds. The van der Waals surface area contributed by atoms with Crippen molar-refractivity contribution in [2.75, 3.05) is 5.32 Å². The summed E-state index contributed by atoms with van der Waals surface area (Å²) in [6.45, 7) is 3.82. The molecule has 1 aromatic carbocycles. The normalized spacial score (nSPS) is 14.6. The van der Waals surface area contributed by atoms with Crippen molar-refractivity contribution in [1.29, 1.82) is 0 Å². The van der Waals surface area contributed by atoms with Crippen molar-refractivity contribution in [3.8, 4) is 0 Å². The Morgan fingerprint density at radius 1 is 1.15 bits per heavy atom. The Hall–Kier alpha value is -2.89. The second kappa shape index (κ2) is 8.47. The van der Waals surface area contributed by atoms with Crippen LogP contribution in [0.1, 0.15) is 54.1 Å². The Kier molecular flexibility index (Phi) is 5.84. The first kappa shape index (κ1) is 17.9. The Labute approximate surface area is 153 Å². The summed E-state index contributed by atoms with van der Waals surface area (Å²) in [5, 5.41) is 10.1. The highest BCUT2D eigenvalue weighted by Crippen LogP contribution is 2.30. The quantitative estimate of drug-likeness (QED) is 0.782. The molecule has 26 heavy (non-hydrogen) atoms. The van der Waals surface area contributed by atoms with Gasteiger partial charge in [-0.15, -0.1) is 0 Å². The van der Waals surface area contributed by atoms with Gasteiger partial charge in [0.25, 0.3) is 5.91 Å². The molecular formula is C20H24N4O2. The van der Waals surface area contributed by atoms with Crippen LogP contribution in [0, 0.1) is 0 Å². The molecule has 1 fully saturated rings. The van der Waals surface area contributed by atoms with E-state index >= 15 is 0 Å². The number of carbonyl (C=O) groups is 2. The van der Waals surface area contributed by atoms with E-state index in [1.54, 1.807) is 18.3 Å². The first-order valence-electron chi connectivity index (χ1n) is 9.01. The largest absolute Gasteiger partial charge is 0.348 e. The minimum Gasteiger partial charge on any atom is -0.348 e. The number of carbonyl (C=O) groups excluding carboxylic acids is 2. The standard InChI is InChI=1S/C20H24N4O2/c1-2-19(25)21-14-15-8-10-16(11-9-15)20(26)23-18-12-13-22-24(18)17-6-4-3-5-7-17/h2,8-13,17H,1,3-7,14H2,(H,21,25)(H,23,26). The van der Waals surface area contributed by atoms with Gasteiger partial charge in [-0.3, -0.25) is 9.59 Å². The third-order valence-corrected chi connectivity index (χ3v) is 4.70. The molecular weight excluding hydrogens is 328 g/mol. The zero-order chi connectivity index (χ0) is 18.4. The van der Waals surface area contributed by atoms with Crippen LogP contribution in [0.25, 0.3) is 0 Å². The topological polar surface area (TPSA) is 76.0 Å². The van der Waals surface area contributed by atoms with E-state index in [1.807, 2.05) is 22.9 Å². The number of benzene rings is 1. The van der Waals surface area contributed by atoms with Crippen LogP contribution in [-0.4, -0.2) is 21.6 Å². The molecule has 1 heterocycles. The van der Waals surface area contributed by atoms with Gasteiger partial charge in [0.1, 0.15) is 5.82 Å². The van der Waals surface area contributed by atoms with E-state index in [9.17, 15) is 9.59 Å². The van der Waals surface area contributed by atoms with Gasteiger partial charge in [-0.1, -0.05) is 38.0 Å². The van der Waals surface area contributed by atoms with Crippen LogP contribution in [0.3, 0.4) is 0 Å². The van der Waals surface area contributed by atoms with Crippen molar-refractivity contribution < 1.29 is 9.59 Å². The molecule has 0 unspecified atom stereocenters. The van der Waals surface area contributed by atoms with Crippen LogP contribution in [0.5, 0.6) is 0 Å². The number of nitrogens with zero attached hydrogens (tertiary/aromatic N) is 2. The number of rotatable bonds is 6. The maximum absolute atomic E-state index is 12.5. The van der Waals surface area contributed by atoms with Gasteiger partial charge >= 0.3 is 0 Å². The monoisotopic (exact) mass is 352 g/mol. The van der Waals surface area contributed by atoms with Crippen molar-refractivity contribution in [3.63, 3.8) is 0 Å². The minimum atomic E-state index is -0.220. The smallest absolute Gasteiger partial charge is 0.256 e. The van der Waals surface area contributed by atoms with Gasteiger partial charge < -0.3 is 10.6 Å². The lowest BCUT2D eigenvalue weighted by Crippen LogP contribution is -2.21. The molecule has 6 nitrogen and oxygen atoms in total. The van der Waals surface area contributed by atoms with Crippen molar-refractivity contribution in [3.05, 3.63) is 60.3 Å². The average molecular weight is 352 g/mol. The third-order valence-electron chi connectivity index (χ3n) is 4.70. The Morgan fingerprint density at radius 3 is 2.58 bits per heavy atom. The van der Waals surface area contributed by atoms with Gasteiger partial charge in [0, 0.05) is 18.2 Å². The number of nitrogens with one attached hydrogen (secondary N) is 2. The highest BCUT2D eigenvalue weighted by molar-refractivity contribution is 6.03. The van der Waals surface area contributed by atoms with Crippen LogP contribution in [-0.2, 0) is 11.3 Å². The zero-order valence-corrected chi connectivity index (χ0v) is 14.8. The Morgan fingerprint density at radius 2 is 1.88 bits per heavy atom. The highest BCUT2D eigenvalue weighted by atomic mass is 16.2. The summed E-state index contributed by atoms with van der Waals surface area (Å²) in [5.41, 5.74) is 1.49. The molecule has 0 atom stereocenters. The predicted molar refractivity (Wildman–Crippen MR) is 101 cm³/mol. The van der Waals surface area contributed by atoms with Gasteiger partial charge in [0.15, 0.2) is 0 Å². The molecule has 2 N–H and O–H groups in total. The second-order valence-corrected chi connectivity index (χ2v) is 6.53. The number of amides is 2. The number of anilines is 1. The SMILES string of the molecule is C=CC(=O)NCc1ccc(C(=O)Nc2ccnn2C2CCCCC2)cc1. The Bertz CT molecular complexity index is 773. The average Bonchev–Trinajstić information content (AvgIpc) is 3.15. The molecule has 0 bridgehead atoms. The van der Waals surface area contributed by atoms with E-state index in [-0.39, 0.29) is 11.8 Å². The van der Waals surface area contributed by atoms with Crippen molar-refractivity contribution in [2.45, 2.75) is 44.7 Å². The van der Waals surface area contributed by atoms with Crippen LogP contribution in [0.15, 0.2) is 49.2 Å². The van der Waals surface area contributed by atoms with Crippen molar-refractivity contribution in [1.82, 2.24) is 15.1 Å². The van der Waals surface area contributed by atoms with Crippen LogP contribution in [0.4, 0.5) is 5.82 Å². The van der Waals surface area contributed by atoms with E-state index < -0.39 is 0 Å². The van der Waals surface area contributed by atoms with E-state index in [2.05, 4.69) is 22.3 Å². The molecule has 0 saturated heterocycles. The van der Waals surface area contributed by atoms with Gasteiger partial charge in [0.2, 0.25) is 5.91 Å². The molecule has 3 rings (SSSR count). The maximum Gasteiger partial charge on any atom is 0.256 e. The molecule has 1 aromatic heterocycles. The maximum atomic E-state index is 12.5. The fraction of sp³-hybridized carbons (Fsp3) is 0.350. The number of hydrogen-bond acceptors (Lipinski definition) is 3. The molecule has 2 aromatic rings. The van der Waals surface area contributed by atoms with Crippen LogP contribution in [0.2, 0.25) is 0 Å². The van der Waals surface area contributed by atoms with E-state index in [0.29, 0.717) is 18.2 Å². The lowest BCUT2D eigenvalue weighted by Gasteiger charge is -2.23. The first-order chi connectivity index (χ1) is 12.7. The summed E-state index contributed by atoms with van der Waals surface area (Å²) in [4.78, 5) is 23.7. The Balaban J connectivity index is 1.62. The minimum absolute atomic E-state index is 0.163. The fourth-order valence-corrected chi connectivity index (χ4v) is 3.25. The summed E-state index contributed by atoms with van der Waals surface area (Å²) in [5.74, 6) is 0.358. The van der Waals surface area contributed by atoms with Gasteiger partial charge in [-0.25, -0.2) is 4.68 Å². The third kappa shape index (κ3) is 4.39. The summed E-state index contributed by atoms with van der Waals surface area (Å²) < 4.78 is 1.94. The van der Waals surface area contributed by atoms with Crippen LogP contribution >= 0.6 is 0 Å². The summed E-state index contributed by atoms with van der Waals surface area (Å²) >= 11 is 0. The lowest BCUT2D eigenvalue weighted by molar-refractivity contribution is -0.116.